The molecule has 0 N–H and O–H groups in total. The van der Waals surface area contributed by atoms with E-state index in [1.165, 1.54) is 109 Å². The standard InChI is InChI=1S/C54H42/c1-3-14-36(15-4-1)38-26-27-45(48(33-38)37-16-5-2-6-17-37)51-41-18-7-9-20-43(41)52(44-21-10-8-19-42(44)51)47-23-13-25-50-53(47)46-22-11-12-24-49(46)54(50)39-29-34-28-35(31-39)32-40(54)30-34/h1-27,33-35,39-40H,28-32H2. The summed E-state index contributed by atoms with van der Waals surface area (Å²) in [4.78, 5) is 0. The van der Waals surface area contributed by atoms with E-state index in [0.29, 0.717) is 0 Å². The van der Waals surface area contributed by atoms with Crippen LogP contribution >= 0.6 is 0 Å². The molecule has 258 valence electrons. The zero-order valence-electron chi connectivity index (χ0n) is 30.5. The van der Waals surface area contributed by atoms with Crippen LogP contribution in [-0.2, 0) is 5.41 Å². The minimum atomic E-state index is 0.145. The summed E-state index contributed by atoms with van der Waals surface area (Å²) >= 11 is 0. The van der Waals surface area contributed by atoms with Crippen molar-refractivity contribution in [2.45, 2.75) is 37.5 Å². The molecule has 0 unspecified atom stereocenters. The highest BCUT2D eigenvalue weighted by Gasteiger charge is 2.61. The zero-order valence-corrected chi connectivity index (χ0v) is 30.5. The van der Waals surface area contributed by atoms with Crippen LogP contribution in [-0.4, -0.2) is 0 Å². The third-order valence-corrected chi connectivity index (χ3v) is 14.3. The van der Waals surface area contributed by atoms with Gasteiger partial charge in [0.1, 0.15) is 0 Å². The second kappa shape index (κ2) is 11.6. The Morgan fingerprint density at radius 2 is 0.815 bits per heavy atom. The number of fused-ring (bicyclic) bond motifs is 5. The van der Waals surface area contributed by atoms with Gasteiger partial charge in [0.2, 0.25) is 0 Å². The van der Waals surface area contributed by atoms with Crippen LogP contribution in [0.4, 0.5) is 0 Å². The Hall–Kier alpha value is -5.72. The van der Waals surface area contributed by atoms with Crippen molar-refractivity contribution >= 4 is 21.5 Å². The molecule has 0 radical (unpaired) electrons. The Labute approximate surface area is 318 Å². The van der Waals surface area contributed by atoms with Crippen molar-refractivity contribution in [3.05, 3.63) is 181 Å². The number of hydrogen-bond donors (Lipinski definition) is 0. The second-order valence-corrected chi connectivity index (χ2v) is 16.8. The summed E-state index contributed by atoms with van der Waals surface area (Å²) in [5, 5.41) is 5.27. The first kappa shape index (κ1) is 30.7. The maximum absolute atomic E-state index is 2.54. The fraction of sp³-hybridized carbons (Fsp3) is 0.185. The van der Waals surface area contributed by atoms with E-state index in [2.05, 4.69) is 170 Å². The van der Waals surface area contributed by atoms with Crippen molar-refractivity contribution in [1.82, 2.24) is 0 Å². The maximum atomic E-state index is 2.54. The van der Waals surface area contributed by atoms with Gasteiger partial charge < -0.3 is 0 Å². The van der Waals surface area contributed by atoms with Gasteiger partial charge in [-0.1, -0.05) is 164 Å². The van der Waals surface area contributed by atoms with Crippen LogP contribution in [0.3, 0.4) is 0 Å². The van der Waals surface area contributed by atoms with E-state index in [-0.39, 0.29) is 5.41 Å². The van der Waals surface area contributed by atoms with Crippen LogP contribution < -0.4 is 0 Å². The van der Waals surface area contributed by atoms with E-state index < -0.39 is 0 Å². The molecule has 0 nitrogen and oxygen atoms in total. The molecule has 8 aromatic carbocycles. The quantitative estimate of drug-likeness (QED) is 0.161. The van der Waals surface area contributed by atoms with Gasteiger partial charge in [0.05, 0.1) is 0 Å². The predicted octanol–water partition coefficient (Wildman–Crippen LogP) is 14.4. The molecule has 4 saturated carbocycles. The first-order valence-corrected chi connectivity index (χ1v) is 20.2. The molecule has 54 heavy (non-hydrogen) atoms. The highest BCUT2D eigenvalue weighted by molar-refractivity contribution is 6.23. The summed E-state index contributed by atoms with van der Waals surface area (Å²) in [6.07, 6.45) is 7.08. The molecule has 0 heterocycles. The minimum Gasteiger partial charge on any atom is -0.0622 e. The van der Waals surface area contributed by atoms with Crippen LogP contribution in [0.5, 0.6) is 0 Å². The number of rotatable bonds is 4. The third kappa shape index (κ3) is 4.20. The fourth-order valence-electron chi connectivity index (χ4n) is 12.5. The second-order valence-electron chi connectivity index (χ2n) is 16.8. The van der Waals surface area contributed by atoms with Crippen molar-refractivity contribution in [3.63, 3.8) is 0 Å². The van der Waals surface area contributed by atoms with Crippen molar-refractivity contribution < 1.29 is 0 Å². The molecule has 0 aliphatic heterocycles. The molecule has 0 atom stereocenters. The monoisotopic (exact) mass is 690 g/mol. The van der Waals surface area contributed by atoms with Gasteiger partial charge in [-0.15, -0.1) is 0 Å². The minimum absolute atomic E-state index is 0.145. The van der Waals surface area contributed by atoms with E-state index in [9.17, 15) is 0 Å². The van der Waals surface area contributed by atoms with Crippen LogP contribution in [0, 0.1) is 23.7 Å². The molecule has 0 heteroatoms. The highest BCUT2D eigenvalue weighted by atomic mass is 14.6. The lowest BCUT2D eigenvalue weighted by Crippen LogP contribution is -2.55. The summed E-state index contributed by atoms with van der Waals surface area (Å²) in [5.41, 5.74) is 16.7. The Balaban J connectivity index is 1.15. The van der Waals surface area contributed by atoms with Crippen LogP contribution in [0.1, 0.15) is 43.2 Å². The number of benzene rings is 8. The Morgan fingerprint density at radius 1 is 0.315 bits per heavy atom. The molecule has 0 amide bonds. The molecule has 0 aromatic heterocycles. The summed E-state index contributed by atoms with van der Waals surface area (Å²) in [6.45, 7) is 0. The molecule has 5 aliphatic carbocycles. The number of hydrogen-bond acceptors (Lipinski definition) is 0. The Bertz CT molecular complexity index is 2680. The van der Waals surface area contributed by atoms with Gasteiger partial charge in [-0.2, -0.15) is 0 Å². The average molecular weight is 691 g/mol. The lowest BCUT2D eigenvalue weighted by molar-refractivity contribution is -0.0399. The van der Waals surface area contributed by atoms with Crippen molar-refractivity contribution in [1.29, 1.82) is 0 Å². The van der Waals surface area contributed by atoms with Gasteiger partial charge in [0, 0.05) is 5.41 Å². The SMILES string of the molecule is c1ccc(-c2ccc(-c3c4ccccc4c(-c4cccc5c4-c4ccccc4C54C5CC6CC(C5)CC4C6)c4ccccc34)c(-c3ccccc3)c2)cc1. The van der Waals surface area contributed by atoms with Gasteiger partial charge in [-0.05, 0) is 150 Å². The lowest BCUT2D eigenvalue weighted by Gasteiger charge is -2.61. The van der Waals surface area contributed by atoms with Gasteiger partial charge in [-0.25, -0.2) is 0 Å². The molecule has 1 spiro atoms. The maximum Gasteiger partial charge on any atom is 0.0272 e. The van der Waals surface area contributed by atoms with Crippen molar-refractivity contribution in [2.75, 3.05) is 0 Å². The summed E-state index contributed by atoms with van der Waals surface area (Å²) in [7, 11) is 0. The molecule has 8 aromatic rings. The molecule has 0 saturated heterocycles. The van der Waals surface area contributed by atoms with E-state index in [1.807, 2.05) is 0 Å². The first-order chi connectivity index (χ1) is 26.8. The smallest absolute Gasteiger partial charge is 0.0272 e. The van der Waals surface area contributed by atoms with Gasteiger partial charge in [-0.3, -0.25) is 0 Å². The molecule has 4 fully saturated rings. The van der Waals surface area contributed by atoms with E-state index in [0.717, 1.165) is 23.7 Å². The largest absolute Gasteiger partial charge is 0.0622 e. The van der Waals surface area contributed by atoms with Gasteiger partial charge in [0.25, 0.3) is 0 Å². The molecular formula is C54H42. The fourth-order valence-corrected chi connectivity index (χ4v) is 12.5. The molecule has 4 bridgehead atoms. The van der Waals surface area contributed by atoms with Crippen LogP contribution in [0.2, 0.25) is 0 Å². The summed E-state index contributed by atoms with van der Waals surface area (Å²) in [5.74, 6) is 3.36. The molecule has 5 aliphatic rings. The van der Waals surface area contributed by atoms with Crippen molar-refractivity contribution in [2.24, 2.45) is 23.7 Å². The Morgan fingerprint density at radius 3 is 1.44 bits per heavy atom. The topological polar surface area (TPSA) is 0 Å². The zero-order chi connectivity index (χ0) is 35.4. The van der Waals surface area contributed by atoms with E-state index in [1.54, 1.807) is 11.1 Å². The van der Waals surface area contributed by atoms with Crippen LogP contribution in [0.25, 0.3) is 77.2 Å². The van der Waals surface area contributed by atoms with Gasteiger partial charge in [0.15, 0.2) is 0 Å². The normalized spacial score (nSPS) is 23.3. The summed E-state index contributed by atoms with van der Waals surface area (Å²) < 4.78 is 0. The van der Waals surface area contributed by atoms with Crippen LogP contribution in [0.15, 0.2) is 170 Å². The average Bonchev–Trinajstić information content (AvgIpc) is 3.53. The van der Waals surface area contributed by atoms with E-state index in [4.69, 9.17) is 0 Å². The molecule has 13 rings (SSSR count). The summed E-state index contributed by atoms with van der Waals surface area (Å²) in [6, 6.07) is 64.3. The predicted molar refractivity (Wildman–Crippen MR) is 226 cm³/mol. The van der Waals surface area contributed by atoms with E-state index >= 15 is 0 Å². The highest BCUT2D eigenvalue weighted by Crippen LogP contribution is 2.70. The van der Waals surface area contributed by atoms with Crippen molar-refractivity contribution in [3.8, 4) is 55.6 Å². The molecular weight excluding hydrogens is 649 g/mol. The van der Waals surface area contributed by atoms with Gasteiger partial charge >= 0.3 is 0 Å². The third-order valence-electron chi connectivity index (χ3n) is 14.3. The first-order valence-electron chi connectivity index (χ1n) is 20.2. The lowest BCUT2D eigenvalue weighted by atomic mass is 9.43. The Kier molecular flexibility index (Phi) is 6.62.